The second kappa shape index (κ2) is 33.2. The third-order valence-corrected chi connectivity index (χ3v) is 19.3. The molecular weight excluding hydrogens is 1270 g/mol. The molecule has 0 unspecified atom stereocenters. The van der Waals surface area contributed by atoms with Gasteiger partial charge in [-0.25, -0.2) is 30.2 Å². The van der Waals surface area contributed by atoms with E-state index in [1.807, 2.05) is 20.0 Å². The number of sulfonamides is 2. The van der Waals surface area contributed by atoms with Crippen LogP contribution in [0.3, 0.4) is 0 Å². The second-order valence-electron chi connectivity index (χ2n) is 22.1. The van der Waals surface area contributed by atoms with Gasteiger partial charge in [0.15, 0.2) is 0 Å². The highest BCUT2D eigenvalue weighted by molar-refractivity contribution is 7.89. The van der Waals surface area contributed by atoms with E-state index in [0.717, 1.165) is 41.9 Å². The van der Waals surface area contributed by atoms with Gasteiger partial charge in [0.2, 0.25) is 20.0 Å². The highest BCUT2D eigenvalue weighted by Gasteiger charge is 2.49. The first-order valence-corrected chi connectivity index (χ1v) is 32.6. The smallest absolute Gasteiger partial charge is 0.416 e. The van der Waals surface area contributed by atoms with E-state index in [4.69, 9.17) is 16.0 Å². The summed E-state index contributed by atoms with van der Waals surface area (Å²) >= 11 is 0. The van der Waals surface area contributed by atoms with E-state index in [9.17, 15) is 66.7 Å². The lowest BCUT2D eigenvalue weighted by atomic mass is 9.89. The Labute approximate surface area is 539 Å². The highest BCUT2D eigenvalue weighted by Crippen LogP contribution is 2.38. The number of nitrogens with one attached hydrogen (secondary N) is 3. The molecule has 0 aromatic heterocycles. The summed E-state index contributed by atoms with van der Waals surface area (Å²) < 4.78 is 163. The number of piperidine rings is 2. The van der Waals surface area contributed by atoms with Gasteiger partial charge in [-0.15, -0.1) is 26.3 Å². The Bertz CT molecular complexity index is 3700. The van der Waals surface area contributed by atoms with Crippen LogP contribution in [0.5, 0.6) is 11.5 Å². The molecule has 506 valence electrons. The number of aromatic carboxylic acids is 1. The number of likely N-dealkylation sites (N-methyl/N-ethyl adjacent to an activating group) is 2. The third kappa shape index (κ3) is 20.2. The summed E-state index contributed by atoms with van der Waals surface area (Å²) in [5, 5.41) is 17.2. The minimum absolute atomic E-state index is 0.0101. The molecule has 8 rings (SSSR count). The fraction of sp³-hybridized carbons (Fsp3) is 0.415. The van der Waals surface area contributed by atoms with Gasteiger partial charge in [0, 0.05) is 63.0 Å². The third-order valence-electron chi connectivity index (χ3n) is 15.6. The molecule has 4 aliphatic heterocycles. The molecule has 4 aromatic carbocycles. The van der Waals surface area contributed by atoms with Crippen LogP contribution < -0.4 is 25.4 Å². The maximum absolute atomic E-state index is 13.6. The number of hydrogen-bond donors (Lipinski definition) is 4. The summed E-state index contributed by atoms with van der Waals surface area (Å²) in [6.07, 6.45) is -1.10. The average Bonchev–Trinajstić information content (AvgIpc) is 1.60. The van der Waals surface area contributed by atoms with Crippen LogP contribution in [-0.4, -0.2) is 167 Å². The van der Waals surface area contributed by atoms with Gasteiger partial charge in [-0.05, 0) is 155 Å². The molecule has 93 heavy (non-hydrogen) atoms. The summed E-state index contributed by atoms with van der Waals surface area (Å²) in [5.74, 6) is -2.64. The van der Waals surface area contributed by atoms with E-state index in [-0.39, 0.29) is 135 Å². The van der Waals surface area contributed by atoms with Crippen LogP contribution >= 0.6 is 0 Å². The number of amides is 3. The van der Waals surface area contributed by atoms with E-state index < -0.39 is 79.5 Å². The Morgan fingerprint density at radius 2 is 1.08 bits per heavy atom. The van der Waals surface area contributed by atoms with Crippen molar-refractivity contribution in [2.75, 3.05) is 85.2 Å². The molecule has 28 heteroatoms. The molecule has 4 N–H and O–H groups in total. The molecular formula is C65H79F7N8O11S2. The zero-order chi connectivity index (χ0) is 69.8. The number of carbonyl (C=O) groups is 4. The van der Waals surface area contributed by atoms with Gasteiger partial charge in [-0.3, -0.25) is 28.8 Å². The lowest BCUT2D eigenvalue weighted by Gasteiger charge is -2.34. The van der Waals surface area contributed by atoms with Crippen molar-refractivity contribution in [3.05, 3.63) is 179 Å². The fourth-order valence-corrected chi connectivity index (χ4v) is 13.3. The summed E-state index contributed by atoms with van der Waals surface area (Å²) in [7, 11) is -4.84. The van der Waals surface area contributed by atoms with Crippen molar-refractivity contribution in [3.63, 3.8) is 0 Å². The zero-order valence-electron chi connectivity index (χ0n) is 53.2. The number of aryl methyl sites for hydroxylation is 4. The maximum atomic E-state index is 13.6. The highest BCUT2D eigenvalue weighted by atomic mass is 32.2. The van der Waals surface area contributed by atoms with Gasteiger partial charge in [0.25, 0.3) is 17.7 Å². The van der Waals surface area contributed by atoms with Gasteiger partial charge in [0.05, 0.1) is 49.9 Å². The molecule has 0 bridgehead atoms. The molecule has 0 radical (unpaired) electrons. The molecule has 0 atom stereocenters. The standard InChI is InChI=1S/C32H37F3N4O5S.C28H30F3N3O6S.C4H9N.CH3F/c1-5-7-16-44-27-20-25(19-26(21-27)32(33,34)35)28-36-30(41)31(37-28)11-14-39(15-12-31)45(42,43)17-10-23-8-9-24(18-22(23)3)29(40)38(4)13-6-2;1-3-4-12-40-23-16-21(15-22(17-23)28(29,30)31)24-32-26(37)27(33-24)8-10-34(11-9-27)41(38,39)13-7-19-5-6-20(25(35)36)14-18(19)2;1-3-4-5-2;1-2/h5-6,8-9,18-21H,1-2,7,10-17H2,3-4H3,(H,36,37,41);3,5-6,14-17H,1,4,7-13H2,2H3,(H,35,36)(H,32,33,37);3,5H,1,4H2,2H3;1H3/i;;;1D. The number of halogens is 7. The van der Waals surface area contributed by atoms with Crippen molar-refractivity contribution in [1.29, 1.82) is 0 Å². The molecule has 3 amide bonds. The average molecular weight is 1350 g/mol. The van der Waals surface area contributed by atoms with E-state index >= 15 is 0 Å². The van der Waals surface area contributed by atoms with Crippen molar-refractivity contribution >= 4 is 55.4 Å². The van der Waals surface area contributed by atoms with Gasteiger partial charge in [0.1, 0.15) is 34.2 Å². The molecule has 4 aliphatic rings. The van der Waals surface area contributed by atoms with E-state index in [2.05, 4.69) is 52.3 Å². The predicted molar refractivity (Wildman–Crippen MR) is 343 cm³/mol. The Hall–Kier alpha value is -8.05. The van der Waals surface area contributed by atoms with E-state index in [1.54, 1.807) is 56.5 Å². The van der Waals surface area contributed by atoms with Crippen LogP contribution in [0.25, 0.3) is 0 Å². The molecule has 19 nitrogen and oxygen atoms in total. The number of nitrogens with zero attached hydrogens (tertiary/aromatic N) is 5. The topological polar surface area (TPSA) is 246 Å². The molecule has 0 saturated carbocycles. The fourth-order valence-electron chi connectivity index (χ4n) is 10.3. The SMILES string of the molecule is C=CCCOc1cc(C2=NC3(CCN(S(=O)(=O)CCc4ccc(C(=O)N(C)CC=C)cc4C)CC3)C(=O)N2)cc(C(F)(F)F)c1.C=CCCOc1cc(C2=NC3(CCN(S(=O)(=O)CCc4ccc(C(=O)O)cc4C)CC3)C(=O)N2)cc(C(F)(F)F)c1.C=CCNC.[2H]CF. The summed E-state index contributed by atoms with van der Waals surface area (Å²) in [6.45, 7) is 19.5. The normalized spacial score (nSPS) is 16.3. The van der Waals surface area contributed by atoms with Crippen LogP contribution in [0, 0.1) is 13.8 Å². The molecule has 4 heterocycles. The molecule has 2 fully saturated rings. The summed E-state index contributed by atoms with van der Waals surface area (Å²) in [6, 6.07) is 16.0. The predicted octanol–water partition coefficient (Wildman–Crippen LogP) is 9.44. The first kappa shape index (κ1) is 74.0. The number of aliphatic imine (C=N–C) groups is 2. The van der Waals surface area contributed by atoms with Crippen molar-refractivity contribution in [2.45, 2.75) is 88.6 Å². The van der Waals surface area contributed by atoms with Crippen LogP contribution in [-0.2, 0) is 54.8 Å². The van der Waals surface area contributed by atoms with Crippen LogP contribution in [0.1, 0.15) is 105 Å². The van der Waals surface area contributed by atoms with Crippen LogP contribution in [0.15, 0.2) is 133 Å². The lowest BCUT2D eigenvalue weighted by Crippen LogP contribution is -2.50. The van der Waals surface area contributed by atoms with Crippen molar-refractivity contribution in [2.24, 2.45) is 9.98 Å². The zero-order valence-corrected chi connectivity index (χ0v) is 53.9. The van der Waals surface area contributed by atoms with Gasteiger partial charge < -0.3 is 35.4 Å². The Balaban J connectivity index is 0.000000307. The number of ether oxygens (including phenoxy) is 2. The molecule has 4 aromatic rings. The minimum Gasteiger partial charge on any atom is -0.493 e. The number of carbonyl (C=O) groups excluding carboxylic acids is 3. The first-order valence-electron chi connectivity index (χ1n) is 30.1. The lowest BCUT2D eigenvalue weighted by molar-refractivity contribution is -0.138. The Morgan fingerprint density at radius 1 is 0.677 bits per heavy atom. The van der Waals surface area contributed by atoms with Crippen LogP contribution in [0.2, 0.25) is 0 Å². The monoisotopic (exact) mass is 1350 g/mol. The summed E-state index contributed by atoms with van der Waals surface area (Å²) in [5.41, 5.74) is -0.766. The molecule has 2 saturated heterocycles. The molecule has 2 spiro atoms. The van der Waals surface area contributed by atoms with Crippen LogP contribution in [0.4, 0.5) is 30.7 Å². The Kier molecular flexibility index (Phi) is 26.4. The number of amidine groups is 2. The number of hydrogen-bond acceptors (Lipinski definition) is 13. The van der Waals surface area contributed by atoms with Crippen molar-refractivity contribution in [1.82, 2.24) is 29.5 Å². The van der Waals surface area contributed by atoms with Gasteiger partial charge in [-0.1, -0.05) is 36.4 Å². The number of alkyl halides is 7. The minimum atomic E-state index is -4.65. The Morgan fingerprint density at radius 3 is 1.41 bits per heavy atom. The van der Waals surface area contributed by atoms with Gasteiger partial charge >= 0.3 is 18.3 Å². The van der Waals surface area contributed by atoms with E-state index in [0.29, 0.717) is 36.1 Å². The second-order valence-corrected chi connectivity index (χ2v) is 26.2. The summed E-state index contributed by atoms with van der Waals surface area (Å²) in [4.78, 5) is 60.3. The van der Waals surface area contributed by atoms with E-state index in [1.165, 1.54) is 37.8 Å². The molecule has 0 aliphatic carbocycles. The number of carboxylic acid groups (broad SMARTS) is 1. The first-order chi connectivity index (χ1) is 44.3. The number of rotatable bonds is 24. The van der Waals surface area contributed by atoms with Crippen molar-refractivity contribution < 1.29 is 82.7 Å². The largest absolute Gasteiger partial charge is 0.493 e. The van der Waals surface area contributed by atoms with Gasteiger partial charge in [-0.2, -0.15) is 26.3 Å². The van der Waals surface area contributed by atoms with Crippen molar-refractivity contribution in [3.8, 4) is 11.5 Å². The number of carboxylic acids is 1. The quantitative estimate of drug-likeness (QED) is 0.0291. The number of benzene rings is 4. The maximum Gasteiger partial charge on any atom is 0.416 e.